The van der Waals surface area contributed by atoms with E-state index in [1.54, 1.807) is 20.8 Å². The fourth-order valence-corrected chi connectivity index (χ4v) is 3.17. The van der Waals surface area contributed by atoms with Gasteiger partial charge in [0.25, 0.3) is 0 Å². The zero-order chi connectivity index (χ0) is 20.0. The maximum atomic E-state index is 12.7. The molecule has 1 aromatic carbocycles. The Labute approximate surface area is 160 Å². The molecule has 2 aromatic rings. The number of esters is 2. The number of H-pyrrole nitrogens is 1. The van der Waals surface area contributed by atoms with E-state index in [-0.39, 0.29) is 19.6 Å². The number of para-hydroxylation sites is 1. The standard InChI is InChI=1S/C21H30N2O4/c1-6-26-19(24)21(3,20(25)27-7-2)14-16-15-10-8-9-11-17(15)22-18(16)12-13-23(4)5/h8-11,22H,6-7,12-14H2,1-5H3. The minimum Gasteiger partial charge on any atom is -0.465 e. The van der Waals surface area contributed by atoms with E-state index in [4.69, 9.17) is 9.47 Å². The molecular weight excluding hydrogens is 344 g/mol. The van der Waals surface area contributed by atoms with Gasteiger partial charge in [-0.3, -0.25) is 9.59 Å². The van der Waals surface area contributed by atoms with Crippen molar-refractivity contribution < 1.29 is 19.1 Å². The molecule has 0 aliphatic carbocycles. The number of aromatic amines is 1. The lowest BCUT2D eigenvalue weighted by Gasteiger charge is -2.25. The van der Waals surface area contributed by atoms with Gasteiger partial charge in [-0.2, -0.15) is 0 Å². The van der Waals surface area contributed by atoms with Crippen LogP contribution in [0.4, 0.5) is 0 Å². The van der Waals surface area contributed by atoms with E-state index in [1.807, 2.05) is 38.4 Å². The van der Waals surface area contributed by atoms with Gasteiger partial charge >= 0.3 is 11.9 Å². The Balaban J connectivity index is 2.49. The summed E-state index contributed by atoms with van der Waals surface area (Å²) in [6, 6.07) is 7.94. The molecule has 1 aromatic heterocycles. The van der Waals surface area contributed by atoms with Crippen LogP contribution in [0.15, 0.2) is 24.3 Å². The number of hydrogen-bond acceptors (Lipinski definition) is 5. The molecule has 2 rings (SSSR count). The van der Waals surface area contributed by atoms with Crippen molar-refractivity contribution in [1.29, 1.82) is 0 Å². The van der Waals surface area contributed by atoms with Crippen LogP contribution >= 0.6 is 0 Å². The van der Waals surface area contributed by atoms with Gasteiger partial charge in [-0.1, -0.05) is 18.2 Å². The quantitative estimate of drug-likeness (QED) is 0.540. The van der Waals surface area contributed by atoms with Crippen molar-refractivity contribution in [2.45, 2.75) is 33.6 Å². The van der Waals surface area contributed by atoms with Gasteiger partial charge in [0, 0.05) is 36.0 Å². The van der Waals surface area contributed by atoms with Crippen LogP contribution in [-0.4, -0.2) is 55.7 Å². The summed E-state index contributed by atoms with van der Waals surface area (Å²) in [7, 11) is 4.04. The number of ether oxygens (including phenoxy) is 2. The third-order valence-corrected chi connectivity index (χ3v) is 4.69. The zero-order valence-corrected chi connectivity index (χ0v) is 16.9. The molecule has 0 spiro atoms. The zero-order valence-electron chi connectivity index (χ0n) is 16.9. The third-order valence-electron chi connectivity index (χ3n) is 4.69. The summed E-state index contributed by atoms with van der Waals surface area (Å²) in [5.41, 5.74) is 1.61. The van der Waals surface area contributed by atoms with E-state index in [1.165, 1.54) is 0 Å². The van der Waals surface area contributed by atoms with Gasteiger partial charge in [-0.15, -0.1) is 0 Å². The summed E-state index contributed by atoms with van der Waals surface area (Å²) >= 11 is 0. The number of rotatable bonds is 9. The number of benzene rings is 1. The Morgan fingerprint density at radius 3 is 2.22 bits per heavy atom. The van der Waals surface area contributed by atoms with Crippen LogP contribution in [0, 0.1) is 5.41 Å². The first-order valence-electron chi connectivity index (χ1n) is 9.41. The van der Waals surface area contributed by atoms with Gasteiger partial charge in [0.15, 0.2) is 5.41 Å². The SMILES string of the molecule is CCOC(=O)C(C)(Cc1c(CCN(C)C)[nH]c2ccccc12)C(=O)OCC. The lowest BCUT2D eigenvalue weighted by atomic mass is 9.82. The molecule has 0 radical (unpaired) electrons. The van der Waals surface area contributed by atoms with Crippen LogP contribution in [0.5, 0.6) is 0 Å². The number of hydrogen-bond donors (Lipinski definition) is 1. The summed E-state index contributed by atoms with van der Waals surface area (Å²) in [6.45, 7) is 6.37. The van der Waals surface area contributed by atoms with Gasteiger partial charge in [0.2, 0.25) is 0 Å². The molecule has 0 amide bonds. The first kappa shape index (κ1) is 21.0. The highest BCUT2D eigenvalue weighted by Crippen LogP contribution is 2.33. The average Bonchev–Trinajstić information content (AvgIpc) is 2.97. The van der Waals surface area contributed by atoms with Gasteiger partial charge in [0.1, 0.15) is 0 Å². The normalized spacial score (nSPS) is 11.8. The van der Waals surface area contributed by atoms with E-state index in [9.17, 15) is 9.59 Å². The lowest BCUT2D eigenvalue weighted by Crippen LogP contribution is -2.41. The van der Waals surface area contributed by atoms with Gasteiger partial charge in [-0.05, 0) is 46.5 Å². The topological polar surface area (TPSA) is 71.6 Å². The first-order valence-corrected chi connectivity index (χ1v) is 9.41. The summed E-state index contributed by atoms with van der Waals surface area (Å²) in [5.74, 6) is -1.10. The largest absolute Gasteiger partial charge is 0.465 e. The predicted molar refractivity (Wildman–Crippen MR) is 106 cm³/mol. The number of nitrogens with zero attached hydrogens (tertiary/aromatic N) is 1. The summed E-state index contributed by atoms with van der Waals surface area (Å²) < 4.78 is 10.4. The van der Waals surface area contributed by atoms with Crippen molar-refractivity contribution in [3.8, 4) is 0 Å². The maximum absolute atomic E-state index is 12.7. The molecule has 0 atom stereocenters. The van der Waals surface area contributed by atoms with Crippen molar-refractivity contribution in [1.82, 2.24) is 9.88 Å². The van der Waals surface area contributed by atoms with Crippen LogP contribution < -0.4 is 0 Å². The van der Waals surface area contributed by atoms with E-state index in [2.05, 4.69) is 9.88 Å². The first-order chi connectivity index (χ1) is 12.8. The minimum absolute atomic E-state index is 0.217. The molecule has 27 heavy (non-hydrogen) atoms. The summed E-state index contributed by atoms with van der Waals surface area (Å²) in [6.07, 6.45) is 1.02. The number of carbonyl (C=O) groups excluding carboxylic acids is 2. The molecule has 0 unspecified atom stereocenters. The number of nitrogens with one attached hydrogen (secondary N) is 1. The summed E-state index contributed by atoms with van der Waals surface area (Å²) in [5, 5.41) is 1.02. The van der Waals surface area contributed by atoms with E-state index in [0.29, 0.717) is 0 Å². The van der Waals surface area contributed by atoms with Crippen LogP contribution in [0.3, 0.4) is 0 Å². The Hall–Kier alpha value is -2.34. The fraction of sp³-hybridized carbons (Fsp3) is 0.524. The minimum atomic E-state index is -1.39. The second-order valence-corrected chi connectivity index (χ2v) is 7.13. The molecule has 0 fully saturated rings. The molecule has 0 saturated heterocycles. The highest BCUT2D eigenvalue weighted by Gasteiger charge is 2.45. The number of fused-ring (bicyclic) bond motifs is 1. The van der Waals surface area contributed by atoms with Crippen molar-refractivity contribution >= 4 is 22.8 Å². The molecule has 0 bridgehead atoms. The molecule has 0 saturated carbocycles. The Morgan fingerprint density at radius 2 is 1.67 bits per heavy atom. The molecule has 0 aliphatic rings. The Morgan fingerprint density at radius 1 is 1.07 bits per heavy atom. The molecular formula is C21H30N2O4. The lowest BCUT2D eigenvalue weighted by molar-refractivity contribution is -0.170. The van der Waals surface area contributed by atoms with Crippen molar-refractivity contribution in [2.75, 3.05) is 33.9 Å². The number of carbonyl (C=O) groups is 2. The monoisotopic (exact) mass is 374 g/mol. The maximum Gasteiger partial charge on any atom is 0.323 e. The van der Waals surface area contributed by atoms with Crippen molar-refractivity contribution in [2.24, 2.45) is 5.41 Å². The second kappa shape index (κ2) is 9.04. The average molecular weight is 374 g/mol. The molecule has 148 valence electrons. The van der Waals surface area contributed by atoms with E-state index < -0.39 is 17.4 Å². The van der Waals surface area contributed by atoms with Crippen molar-refractivity contribution in [3.63, 3.8) is 0 Å². The van der Waals surface area contributed by atoms with Crippen LogP contribution in [-0.2, 0) is 31.9 Å². The van der Waals surface area contributed by atoms with Crippen LogP contribution in [0.2, 0.25) is 0 Å². The molecule has 0 aliphatic heterocycles. The Kier molecular flexibility index (Phi) is 7.02. The fourth-order valence-electron chi connectivity index (χ4n) is 3.17. The van der Waals surface area contributed by atoms with Crippen LogP contribution in [0.25, 0.3) is 10.9 Å². The van der Waals surface area contributed by atoms with Crippen molar-refractivity contribution in [3.05, 3.63) is 35.5 Å². The predicted octanol–water partition coefficient (Wildman–Crippen LogP) is 2.95. The van der Waals surface area contributed by atoms with Gasteiger partial charge in [-0.25, -0.2) is 0 Å². The van der Waals surface area contributed by atoms with Crippen LogP contribution in [0.1, 0.15) is 32.0 Å². The third kappa shape index (κ3) is 4.69. The highest BCUT2D eigenvalue weighted by atomic mass is 16.6. The smallest absolute Gasteiger partial charge is 0.323 e. The Bertz CT molecular complexity index is 777. The van der Waals surface area contributed by atoms with E-state index in [0.717, 1.165) is 35.1 Å². The number of aromatic nitrogens is 1. The van der Waals surface area contributed by atoms with E-state index >= 15 is 0 Å². The molecule has 6 heteroatoms. The second-order valence-electron chi connectivity index (χ2n) is 7.13. The van der Waals surface area contributed by atoms with Gasteiger partial charge < -0.3 is 19.4 Å². The molecule has 1 N–H and O–H groups in total. The summed E-state index contributed by atoms with van der Waals surface area (Å²) in [4.78, 5) is 30.9. The highest BCUT2D eigenvalue weighted by molar-refractivity contribution is 6.00. The van der Waals surface area contributed by atoms with Gasteiger partial charge in [0.05, 0.1) is 13.2 Å². The number of likely N-dealkylation sites (N-methyl/N-ethyl adjacent to an activating group) is 1. The molecule has 1 heterocycles. The molecule has 6 nitrogen and oxygen atoms in total.